The number of urea groups is 1. The number of carbonyl (C=O) groups excluding carboxylic acids is 6. The van der Waals surface area contributed by atoms with Crippen LogP contribution in [0.3, 0.4) is 0 Å². The number of aryl methyl sites for hydroxylation is 1. The van der Waals surface area contributed by atoms with Gasteiger partial charge in [0.05, 0.1) is 50.5 Å². The van der Waals surface area contributed by atoms with E-state index in [1.54, 1.807) is 43.8 Å². The fraction of sp³-hybridized carbons (Fsp3) is 0.477. The molecule has 0 radical (unpaired) electrons. The molecule has 0 saturated carbocycles. The van der Waals surface area contributed by atoms with Gasteiger partial charge in [-0.1, -0.05) is 0 Å². The molecule has 6 heterocycles. The third-order valence-electron chi connectivity index (χ3n) is 12.7. The Kier molecular flexibility index (Phi) is 12.0. The number of nitrogens with one attached hydrogen (secondary N) is 2. The average molecular weight is 854 g/mol. The van der Waals surface area contributed by atoms with Crippen LogP contribution in [-0.4, -0.2) is 139 Å². The van der Waals surface area contributed by atoms with Crippen molar-refractivity contribution in [3.8, 4) is 28.4 Å². The summed E-state index contributed by atoms with van der Waals surface area (Å²) < 4.78 is 25.0. The molecule has 3 saturated heterocycles. The predicted molar refractivity (Wildman–Crippen MR) is 222 cm³/mol. The first-order valence-electron chi connectivity index (χ1n) is 20.9. The largest absolute Gasteiger partial charge is 0.496 e. The van der Waals surface area contributed by atoms with Crippen LogP contribution >= 0.6 is 0 Å². The number of fused-ring (bicyclic) bond motifs is 3. The Morgan fingerprint density at radius 2 is 1.60 bits per heavy atom. The van der Waals surface area contributed by atoms with Crippen molar-refractivity contribution in [1.29, 1.82) is 0 Å². The van der Waals surface area contributed by atoms with E-state index in [1.165, 1.54) is 12.1 Å². The predicted octanol–water partition coefficient (Wildman–Crippen LogP) is 1.69. The molecule has 2 aromatic carbocycles. The van der Waals surface area contributed by atoms with Crippen LogP contribution < -0.4 is 30.4 Å². The van der Waals surface area contributed by atoms with Crippen LogP contribution in [0.2, 0.25) is 0 Å². The Hall–Kier alpha value is -6.27. The number of ether oxygens (including phenoxy) is 4. The molecule has 3 unspecified atom stereocenters. The van der Waals surface area contributed by atoms with E-state index in [0.717, 1.165) is 40.1 Å². The Balaban J connectivity index is 0.806. The fourth-order valence-corrected chi connectivity index (χ4v) is 9.43. The van der Waals surface area contributed by atoms with Crippen molar-refractivity contribution in [3.63, 3.8) is 0 Å². The summed E-state index contributed by atoms with van der Waals surface area (Å²) in [5.74, 6) is -0.239. The van der Waals surface area contributed by atoms with Crippen LogP contribution in [0.25, 0.3) is 11.1 Å². The number of nitrogens with zero attached hydrogens (tertiary/aromatic N) is 5. The van der Waals surface area contributed by atoms with Gasteiger partial charge in [-0.2, -0.15) is 0 Å². The summed E-state index contributed by atoms with van der Waals surface area (Å²) in [5.41, 5.74) is 4.35. The lowest BCUT2D eigenvalue weighted by Gasteiger charge is -2.53. The summed E-state index contributed by atoms with van der Waals surface area (Å²) in [4.78, 5) is 95.7. The third-order valence-corrected chi connectivity index (χ3v) is 12.7. The number of pyridine rings is 1. The van der Waals surface area contributed by atoms with E-state index >= 15 is 0 Å². The lowest BCUT2D eigenvalue weighted by Crippen LogP contribution is -2.63. The SMILES string of the molecule is CNC(=O)N1CCc2c(c(-c3cc(OC)c(CN4CC5CN(C(=O)CCOCCOc6ccc7c(c6)C(=O)N(C6CCC(=O)NC6=O)C7=O)CCC54)c(OC)c3)cn(C)c2=O)C1. The summed E-state index contributed by atoms with van der Waals surface area (Å²) in [5, 5.41) is 4.87. The molecule has 0 spiro atoms. The molecule has 5 aliphatic heterocycles. The minimum absolute atomic E-state index is 0.0307. The van der Waals surface area contributed by atoms with Gasteiger partial charge in [0.25, 0.3) is 17.4 Å². The number of piperidine rings is 2. The number of rotatable bonds is 13. The molecule has 1 aromatic heterocycles. The Bertz CT molecular complexity index is 2370. The molecule has 7 amide bonds. The summed E-state index contributed by atoms with van der Waals surface area (Å²) in [6.07, 6.45) is 3.46. The number of benzene rings is 2. The van der Waals surface area contributed by atoms with Crippen molar-refractivity contribution in [2.45, 2.75) is 57.3 Å². The summed E-state index contributed by atoms with van der Waals surface area (Å²) in [6, 6.07) is 7.55. The van der Waals surface area contributed by atoms with E-state index in [0.29, 0.717) is 73.9 Å². The van der Waals surface area contributed by atoms with Crippen molar-refractivity contribution in [2.75, 3.05) is 67.3 Å². The highest BCUT2D eigenvalue weighted by Gasteiger charge is 2.46. The first-order chi connectivity index (χ1) is 29.9. The quantitative estimate of drug-likeness (QED) is 0.187. The molecule has 328 valence electrons. The van der Waals surface area contributed by atoms with Crippen LogP contribution in [0.15, 0.2) is 41.3 Å². The maximum atomic E-state index is 13.2. The highest BCUT2D eigenvalue weighted by atomic mass is 16.5. The summed E-state index contributed by atoms with van der Waals surface area (Å²) in [7, 11) is 6.60. The molecular weight excluding hydrogens is 803 g/mol. The Morgan fingerprint density at radius 3 is 2.31 bits per heavy atom. The minimum atomic E-state index is -1.04. The first-order valence-corrected chi connectivity index (χ1v) is 20.9. The molecule has 3 fully saturated rings. The second-order valence-electron chi connectivity index (χ2n) is 16.3. The van der Waals surface area contributed by atoms with E-state index in [4.69, 9.17) is 18.9 Å². The van der Waals surface area contributed by atoms with Crippen molar-refractivity contribution in [2.24, 2.45) is 13.0 Å². The maximum absolute atomic E-state index is 13.2. The van der Waals surface area contributed by atoms with Crippen LogP contribution in [-0.2, 0) is 45.7 Å². The molecule has 5 aliphatic rings. The average Bonchev–Trinajstić information content (AvgIpc) is 3.51. The number of imide groups is 2. The number of likely N-dealkylation sites (tertiary alicyclic amines) is 2. The number of amides is 7. The van der Waals surface area contributed by atoms with Gasteiger partial charge < -0.3 is 38.6 Å². The summed E-state index contributed by atoms with van der Waals surface area (Å²) >= 11 is 0. The van der Waals surface area contributed by atoms with Gasteiger partial charge in [0.15, 0.2) is 0 Å². The third kappa shape index (κ3) is 7.99. The van der Waals surface area contributed by atoms with Crippen LogP contribution in [0, 0.1) is 5.92 Å². The monoisotopic (exact) mass is 853 g/mol. The second-order valence-corrected chi connectivity index (χ2v) is 16.3. The molecule has 2 N–H and O–H groups in total. The van der Waals surface area contributed by atoms with Crippen molar-refractivity contribution >= 4 is 35.6 Å². The zero-order valence-corrected chi connectivity index (χ0v) is 35.3. The molecule has 0 bridgehead atoms. The van der Waals surface area contributed by atoms with Gasteiger partial charge >= 0.3 is 6.03 Å². The zero-order chi connectivity index (χ0) is 43.8. The first kappa shape index (κ1) is 42.4. The van der Waals surface area contributed by atoms with Gasteiger partial charge in [-0.15, -0.1) is 0 Å². The molecule has 3 aromatic rings. The number of carbonyl (C=O) groups is 6. The van der Waals surface area contributed by atoms with Crippen LogP contribution in [0.5, 0.6) is 17.2 Å². The van der Waals surface area contributed by atoms with Crippen molar-refractivity contribution in [3.05, 3.63) is 74.7 Å². The topological polar surface area (TPSA) is 198 Å². The molecule has 18 heteroatoms. The molecule has 8 rings (SSSR count). The van der Waals surface area contributed by atoms with E-state index in [1.807, 2.05) is 23.2 Å². The van der Waals surface area contributed by atoms with Crippen LogP contribution in [0.1, 0.15) is 63.1 Å². The van der Waals surface area contributed by atoms with Crippen molar-refractivity contribution < 1.29 is 47.7 Å². The van der Waals surface area contributed by atoms with Crippen molar-refractivity contribution in [1.82, 2.24) is 34.8 Å². The Labute approximate surface area is 358 Å². The van der Waals surface area contributed by atoms with Gasteiger partial charge in [-0.25, -0.2) is 4.79 Å². The standard InChI is InChI=1S/C44H51N7O11/c1-45-44(58)49-12-9-29-32(23-49)31(22-47(2)41(29)55)25-17-36(59-3)33(37(18-25)60-4)24-50-21-26-20-48(13-10-34(26)50)39(53)11-14-61-15-16-62-27-5-6-28-30(19-27)43(57)51(42(28)56)35-7-8-38(52)46-40(35)54/h5-6,17-19,22,26,34-35H,7-16,20-21,23-24H2,1-4H3,(H,45,58)(H,46,52,54). The number of methoxy groups -OCH3 is 2. The van der Waals surface area contributed by atoms with Gasteiger partial charge in [0.2, 0.25) is 17.7 Å². The lowest BCUT2D eigenvalue weighted by molar-refractivity contribution is -0.140. The van der Waals surface area contributed by atoms with E-state index in [9.17, 15) is 33.6 Å². The highest BCUT2D eigenvalue weighted by Crippen LogP contribution is 2.41. The van der Waals surface area contributed by atoms with E-state index in [-0.39, 0.29) is 67.7 Å². The minimum Gasteiger partial charge on any atom is -0.496 e. The number of hydrogen-bond acceptors (Lipinski definition) is 12. The van der Waals surface area contributed by atoms with E-state index < -0.39 is 29.7 Å². The lowest BCUT2D eigenvalue weighted by atomic mass is 9.82. The van der Waals surface area contributed by atoms with Gasteiger partial charge in [-0.05, 0) is 60.7 Å². The van der Waals surface area contributed by atoms with E-state index in [2.05, 4.69) is 15.5 Å². The smallest absolute Gasteiger partial charge is 0.317 e. The molecule has 0 aliphatic carbocycles. The zero-order valence-electron chi connectivity index (χ0n) is 35.3. The van der Waals surface area contributed by atoms with Crippen LogP contribution in [0.4, 0.5) is 4.79 Å². The normalized spacial score (nSPS) is 20.8. The Morgan fingerprint density at radius 1 is 0.839 bits per heavy atom. The second kappa shape index (κ2) is 17.6. The number of aromatic nitrogens is 1. The molecule has 18 nitrogen and oxygen atoms in total. The maximum Gasteiger partial charge on any atom is 0.317 e. The highest BCUT2D eigenvalue weighted by molar-refractivity contribution is 6.23. The van der Waals surface area contributed by atoms with Gasteiger partial charge in [0, 0.05) is 89.1 Å². The molecule has 62 heavy (non-hydrogen) atoms. The molecule has 3 atom stereocenters. The van der Waals surface area contributed by atoms with Gasteiger partial charge in [0.1, 0.15) is 29.9 Å². The molecular formula is C44H51N7O11. The number of hydrogen-bond donors (Lipinski definition) is 2. The summed E-state index contributed by atoms with van der Waals surface area (Å²) in [6.45, 7) is 4.08. The fourth-order valence-electron chi connectivity index (χ4n) is 9.43. The van der Waals surface area contributed by atoms with Gasteiger partial charge in [-0.3, -0.25) is 43.9 Å².